The Balaban J connectivity index is 0.000000626. The van der Waals surface area contributed by atoms with Gasteiger partial charge < -0.3 is 19.8 Å². The highest BCUT2D eigenvalue weighted by molar-refractivity contribution is 6.62. The minimum Gasteiger partial charge on any atom is -0.395 e. The molecule has 0 unspecified atom stereocenters. The van der Waals surface area contributed by atoms with Crippen molar-refractivity contribution >= 4 is 23.0 Å². The van der Waals surface area contributed by atoms with Crippen LogP contribution in [-0.4, -0.2) is 72.5 Å². The van der Waals surface area contributed by atoms with Gasteiger partial charge in [0.05, 0.1) is 6.61 Å². The summed E-state index contributed by atoms with van der Waals surface area (Å²) in [7, 11) is 6.60. The van der Waals surface area contributed by atoms with Gasteiger partial charge in [0.25, 0.3) is 0 Å². The second kappa shape index (κ2) is 10.9. The maximum atomic E-state index is 11.8. The molecule has 0 aliphatic carbocycles. The molecule has 3 amide bonds. The average molecular weight is 330 g/mol. The lowest BCUT2D eigenvalue weighted by Crippen LogP contribution is -2.40. The Bertz CT molecular complexity index is 453. The van der Waals surface area contributed by atoms with E-state index in [1.54, 1.807) is 33.1 Å². The van der Waals surface area contributed by atoms with E-state index < -0.39 is 5.37 Å². The molecule has 0 saturated carbocycles. The summed E-state index contributed by atoms with van der Waals surface area (Å²) >= 11 is 4.90. The van der Waals surface area contributed by atoms with Crippen molar-refractivity contribution in [1.29, 1.82) is 0 Å². The summed E-state index contributed by atoms with van der Waals surface area (Å²) in [5.41, 5.74) is 1.06. The first kappa shape index (κ1) is 20.2. The predicted octanol–water partition coefficient (Wildman–Crippen LogP) is 2.07. The molecule has 1 N–H and O–H groups in total. The Morgan fingerprint density at radius 2 is 1.55 bits per heavy atom. The zero-order valence-electron chi connectivity index (χ0n) is 13.5. The number of carbonyl (C=O) groups excluding carboxylic acids is 2. The van der Waals surface area contributed by atoms with Crippen molar-refractivity contribution in [3.8, 4) is 0 Å². The van der Waals surface area contributed by atoms with Gasteiger partial charge in [-0.15, -0.1) is 0 Å². The van der Waals surface area contributed by atoms with Gasteiger partial charge in [-0.05, 0) is 17.2 Å². The molecule has 0 fully saturated rings. The third-order valence-electron chi connectivity index (χ3n) is 2.59. The zero-order chi connectivity index (χ0) is 17.1. The fourth-order valence-corrected chi connectivity index (χ4v) is 1.45. The second-order valence-corrected chi connectivity index (χ2v) is 5.28. The van der Waals surface area contributed by atoms with Crippen LogP contribution in [0.4, 0.5) is 9.59 Å². The third kappa shape index (κ3) is 8.49. The molecule has 0 atom stereocenters. The summed E-state index contributed by atoms with van der Waals surface area (Å²) in [6.07, 6.45) is 0. The van der Waals surface area contributed by atoms with Crippen molar-refractivity contribution in [1.82, 2.24) is 14.7 Å². The molecule has 0 heterocycles. The topological polar surface area (TPSA) is 64.1 Å². The van der Waals surface area contributed by atoms with E-state index in [1.165, 1.54) is 9.80 Å². The average Bonchev–Trinajstić information content (AvgIpc) is 2.47. The van der Waals surface area contributed by atoms with Crippen LogP contribution in [0.3, 0.4) is 0 Å². The summed E-state index contributed by atoms with van der Waals surface area (Å²) in [4.78, 5) is 26.0. The molecule has 22 heavy (non-hydrogen) atoms. The van der Waals surface area contributed by atoms with E-state index in [0.29, 0.717) is 13.1 Å². The van der Waals surface area contributed by atoms with E-state index >= 15 is 0 Å². The predicted molar refractivity (Wildman–Crippen MR) is 88.0 cm³/mol. The lowest BCUT2D eigenvalue weighted by molar-refractivity contribution is 0.152. The number of rotatable bonds is 4. The number of hydrogen-bond acceptors (Lipinski definition) is 3. The first-order chi connectivity index (χ1) is 10.3. The Labute approximate surface area is 136 Å². The van der Waals surface area contributed by atoms with Gasteiger partial charge in [-0.1, -0.05) is 30.3 Å². The monoisotopic (exact) mass is 329 g/mol. The van der Waals surface area contributed by atoms with Crippen LogP contribution in [0.15, 0.2) is 30.3 Å². The normalized spacial score (nSPS) is 9.36. The molecule has 0 bridgehead atoms. The molecule has 124 valence electrons. The van der Waals surface area contributed by atoms with Crippen molar-refractivity contribution in [2.75, 3.05) is 41.3 Å². The van der Waals surface area contributed by atoms with Gasteiger partial charge in [-0.25, -0.2) is 4.79 Å². The van der Waals surface area contributed by atoms with E-state index in [2.05, 4.69) is 0 Å². The molecule has 0 spiro atoms. The number of benzene rings is 1. The lowest BCUT2D eigenvalue weighted by Gasteiger charge is -2.25. The lowest BCUT2D eigenvalue weighted by atomic mass is 10.2. The highest BCUT2D eigenvalue weighted by atomic mass is 35.5. The van der Waals surface area contributed by atoms with Crippen molar-refractivity contribution in [2.24, 2.45) is 0 Å². The number of aliphatic hydroxyl groups excluding tert-OH is 1. The zero-order valence-corrected chi connectivity index (χ0v) is 14.2. The number of aliphatic hydroxyl groups is 1. The molecular formula is C15H24ClN3O3. The van der Waals surface area contributed by atoms with Crippen LogP contribution in [0.1, 0.15) is 5.56 Å². The van der Waals surface area contributed by atoms with Crippen molar-refractivity contribution in [3.63, 3.8) is 0 Å². The summed E-state index contributed by atoms with van der Waals surface area (Å²) in [6.45, 7) is 0.858. The van der Waals surface area contributed by atoms with Crippen LogP contribution < -0.4 is 0 Å². The number of nitrogens with zero attached hydrogens (tertiary/aromatic N) is 3. The molecular weight excluding hydrogens is 306 g/mol. The van der Waals surface area contributed by atoms with Crippen molar-refractivity contribution in [3.05, 3.63) is 35.9 Å². The molecule has 0 radical (unpaired) electrons. The number of hydrogen-bond donors (Lipinski definition) is 1. The van der Waals surface area contributed by atoms with Gasteiger partial charge in [-0.3, -0.25) is 4.79 Å². The summed E-state index contributed by atoms with van der Waals surface area (Å²) in [6, 6.07) is 9.66. The summed E-state index contributed by atoms with van der Waals surface area (Å²) in [5.74, 6) is 0. The van der Waals surface area contributed by atoms with Crippen molar-refractivity contribution in [2.45, 2.75) is 6.54 Å². The molecule has 1 aromatic rings. The fraction of sp³-hybridized carbons (Fsp3) is 0.467. The third-order valence-corrected chi connectivity index (χ3v) is 2.93. The van der Waals surface area contributed by atoms with E-state index in [9.17, 15) is 9.59 Å². The van der Waals surface area contributed by atoms with Crippen LogP contribution in [0.2, 0.25) is 0 Å². The highest BCUT2D eigenvalue weighted by Crippen LogP contribution is 2.05. The van der Waals surface area contributed by atoms with Gasteiger partial charge >= 0.3 is 11.4 Å². The quantitative estimate of drug-likeness (QED) is 0.679. The van der Waals surface area contributed by atoms with Gasteiger partial charge in [0.1, 0.15) is 0 Å². The molecule has 1 rings (SSSR count). The molecule has 0 aliphatic rings. The minimum absolute atomic E-state index is 0.0214. The molecule has 0 aliphatic heterocycles. The number of amides is 3. The molecule has 7 heteroatoms. The Morgan fingerprint density at radius 3 is 1.91 bits per heavy atom. The maximum absolute atomic E-state index is 11.8. The first-order valence-corrected chi connectivity index (χ1v) is 7.15. The largest absolute Gasteiger partial charge is 0.395 e. The van der Waals surface area contributed by atoms with Gasteiger partial charge in [0, 0.05) is 41.3 Å². The standard InChI is InChI=1S/C12H18N2O2.C3H6ClNO/c1-13(2)12(16)14(8-9-15)10-11-6-4-3-5-7-11;1-5(2)3(4)6/h3-7,15H,8-10H2,1-2H3;1-2H3. The molecule has 0 saturated heterocycles. The van der Waals surface area contributed by atoms with Gasteiger partial charge in [0.15, 0.2) is 0 Å². The summed E-state index contributed by atoms with van der Waals surface area (Å²) < 4.78 is 0. The minimum atomic E-state index is -0.435. The van der Waals surface area contributed by atoms with Crippen LogP contribution in [-0.2, 0) is 6.54 Å². The SMILES string of the molecule is CN(C)C(=O)Cl.CN(C)C(=O)N(CCO)Cc1ccccc1. The van der Waals surface area contributed by atoms with E-state index in [-0.39, 0.29) is 12.6 Å². The second-order valence-electron chi connectivity index (χ2n) is 4.96. The molecule has 6 nitrogen and oxygen atoms in total. The highest BCUT2D eigenvalue weighted by Gasteiger charge is 2.14. The Morgan fingerprint density at radius 1 is 1.05 bits per heavy atom. The Hall–Kier alpha value is -1.79. The maximum Gasteiger partial charge on any atom is 0.319 e. The number of halogens is 1. The van der Waals surface area contributed by atoms with Crippen LogP contribution in [0.5, 0.6) is 0 Å². The van der Waals surface area contributed by atoms with E-state index in [0.717, 1.165) is 5.56 Å². The smallest absolute Gasteiger partial charge is 0.319 e. The van der Waals surface area contributed by atoms with Crippen LogP contribution in [0, 0.1) is 0 Å². The molecule has 0 aromatic heterocycles. The molecule has 1 aromatic carbocycles. The van der Waals surface area contributed by atoms with Crippen molar-refractivity contribution < 1.29 is 14.7 Å². The van der Waals surface area contributed by atoms with Gasteiger partial charge in [-0.2, -0.15) is 0 Å². The fourth-order valence-electron chi connectivity index (χ4n) is 1.45. The van der Waals surface area contributed by atoms with E-state index in [4.69, 9.17) is 16.7 Å². The first-order valence-electron chi connectivity index (χ1n) is 6.77. The number of urea groups is 1. The van der Waals surface area contributed by atoms with E-state index in [1.807, 2.05) is 30.3 Å². The number of carbonyl (C=O) groups is 2. The Kier molecular flexibility index (Phi) is 9.98. The summed E-state index contributed by atoms with van der Waals surface area (Å²) in [5, 5.41) is 8.50. The van der Waals surface area contributed by atoms with Gasteiger partial charge in [0.2, 0.25) is 0 Å². The van der Waals surface area contributed by atoms with Crippen LogP contribution in [0.25, 0.3) is 0 Å². The van der Waals surface area contributed by atoms with Crippen LogP contribution >= 0.6 is 11.6 Å².